The molecule has 168 valence electrons. The predicted molar refractivity (Wildman–Crippen MR) is 128 cm³/mol. The monoisotopic (exact) mass is 470 g/mol. The molecule has 2 saturated carbocycles. The number of anilines is 2. The van der Waals surface area contributed by atoms with Gasteiger partial charge in [-0.25, -0.2) is 4.79 Å². The fourth-order valence-corrected chi connectivity index (χ4v) is 5.43. The van der Waals surface area contributed by atoms with Crippen molar-refractivity contribution in [1.82, 2.24) is 10.3 Å². The minimum Gasteiger partial charge on any atom is -0.462 e. The van der Waals surface area contributed by atoms with Crippen molar-refractivity contribution < 1.29 is 14.3 Å². The van der Waals surface area contributed by atoms with Crippen molar-refractivity contribution in [2.24, 2.45) is 11.8 Å². The van der Waals surface area contributed by atoms with Gasteiger partial charge in [-0.1, -0.05) is 0 Å². The van der Waals surface area contributed by atoms with Crippen LogP contribution in [0.15, 0.2) is 24.5 Å². The highest BCUT2D eigenvalue weighted by Crippen LogP contribution is 2.40. The number of fused-ring (bicyclic) bond motifs is 1. The third-order valence-corrected chi connectivity index (χ3v) is 7.48. The minimum absolute atomic E-state index is 0.0105. The lowest BCUT2D eigenvalue weighted by atomic mass is 9.91. The van der Waals surface area contributed by atoms with Gasteiger partial charge in [0.1, 0.15) is 5.00 Å². The van der Waals surface area contributed by atoms with E-state index in [1.807, 2.05) is 12.1 Å². The molecule has 0 aliphatic heterocycles. The zero-order valence-corrected chi connectivity index (χ0v) is 19.3. The smallest absolute Gasteiger partial charge is 0.341 e. The molecule has 3 aliphatic rings. The van der Waals surface area contributed by atoms with Crippen LogP contribution in [0.1, 0.15) is 52.9 Å². The lowest BCUT2D eigenvalue weighted by Crippen LogP contribution is -2.41. The maximum Gasteiger partial charge on any atom is 0.341 e. The predicted octanol–water partition coefficient (Wildman–Crippen LogP) is 3.90. The number of hydrogen-bond acceptors (Lipinski definition) is 6. The van der Waals surface area contributed by atoms with Gasteiger partial charge in [0.15, 0.2) is 5.11 Å². The molecule has 7 nitrogen and oxygen atoms in total. The van der Waals surface area contributed by atoms with E-state index in [1.165, 1.54) is 11.3 Å². The Bertz CT molecular complexity index is 1030. The molecule has 2 fully saturated rings. The molecule has 5 rings (SSSR count). The normalized spacial score (nSPS) is 19.6. The molecule has 0 saturated heterocycles. The quantitative estimate of drug-likeness (QED) is 0.417. The second kappa shape index (κ2) is 9.15. The van der Waals surface area contributed by atoms with Crippen molar-refractivity contribution in [2.75, 3.05) is 17.2 Å². The molecular formula is C23H26N4O3S2. The van der Waals surface area contributed by atoms with E-state index in [4.69, 9.17) is 17.0 Å². The lowest BCUT2D eigenvalue weighted by Gasteiger charge is -2.25. The fraction of sp³-hybridized carbons (Fsp3) is 0.478. The number of esters is 1. The molecule has 1 unspecified atom stereocenters. The molecule has 1 atom stereocenters. The van der Waals surface area contributed by atoms with E-state index in [-0.39, 0.29) is 23.8 Å². The zero-order chi connectivity index (χ0) is 22.1. The van der Waals surface area contributed by atoms with Gasteiger partial charge >= 0.3 is 5.97 Å². The Morgan fingerprint density at radius 1 is 1.19 bits per heavy atom. The van der Waals surface area contributed by atoms with Crippen LogP contribution in [0.2, 0.25) is 0 Å². The molecule has 0 bridgehead atoms. The largest absolute Gasteiger partial charge is 0.462 e. The van der Waals surface area contributed by atoms with Crippen LogP contribution in [-0.2, 0) is 22.4 Å². The Balaban J connectivity index is 1.31. The van der Waals surface area contributed by atoms with Crippen LogP contribution < -0.4 is 16.0 Å². The number of nitrogens with one attached hydrogen (secondary N) is 3. The van der Waals surface area contributed by atoms with Crippen LogP contribution in [0.3, 0.4) is 0 Å². The molecule has 2 aromatic heterocycles. The van der Waals surface area contributed by atoms with E-state index in [1.54, 1.807) is 12.4 Å². The Morgan fingerprint density at radius 3 is 2.75 bits per heavy atom. The van der Waals surface area contributed by atoms with E-state index in [9.17, 15) is 9.59 Å². The van der Waals surface area contributed by atoms with Crippen LogP contribution in [0.25, 0.3) is 0 Å². The Kier molecular flexibility index (Phi) is 6.10. The maximum atomic E-state index is 13.0. The first-order valence-corrected chi connectivity index (χ1v) is 12.4. The number of aryl methyl sites for hydroxylation is 1. The van der Waals surface area contributed by atoms with Crippen molar-refractivity contribution in [1.29, 1.82) is 0 Å². The van der Waals surface area contributed by atoms with Gasteiger partial charge in [-0.15, -0.1) is 11.3 Å². The average Bonchev–Trinajstić information content (AvgIpc) is 3.69. The van der Waals surface area contributed by atoms with Gasteiger partial charge in [0, 0.05) is 23.0 Å². The molecule has 3 aliphatic carbocycles. The van der Waals surface area contributed by atoms with E-state index in [0.29, 0.717) is 34.6 Å². The Hall–Kier alpha value is -2.52. The van der Waals surface area contributed by atoms with E-state index >= 15 is 0 Å². The van der Waals surface area contributed by atoms with Crippen LogP contribution in [0.4, 0.5) is 10.7 Å². The Morgan fingerprint density at radius 2 is 2.03 bits per heavy atom. The average molecular weight is 471 g/mol. The van der Waals surface area contributed by atoms with Gasteiger partial charge in [0.25, 0.3) is 0 Å². The summed E-state index contributed by atoms with van der Waals surface area (Å²) in [5.74, 6) is 0.256. The Labute approximate surface area is 196 Å². The molecule has 0 aromatic carbocycles. The molecule has 0 spiro atoms. The highest BCUT2D eigenvalue weighted by atomic mass is 32.1. The van der Waals surface area contributed by atoms with Crippen molar-refractivity contribution in [2.45, 2.75) is 51.0 Å². The van der Waals surface area contributed by atoms with Gasteiger partial charge in [0.05, 0.1) is 24.1 Å². The van der Waals surface area contributed by atoms with Crippen molar-refractivity contribution in [3.8, 4) is 0 Å². The van der Waals surface area contributed by atoms with E-state index in [0.717, 1.165) is 54.7 Å². The third kappa shape index (κ3) is 5.10. The summed E-state index contributed by atoms with van der Waals surface area (Å²) in [6.45, 7) is 0.459. The summed E-state index contributed by atoms with van der Waals surface area (Å²) < 4.78 is 5.62. The van der Waals surface area contributed by atoms with Gasteiger partial charge in [-0.2, -0.15) is 0 Å². The number of carbonyl (C=O) groups excluding carboxylic acids is 2. The SMILES string of the molecule is O=C(OCC1CC1)c1c(NC(=O)C2CC2)sc2c1CC(NC(=S)Nc1cccnc1)CC2. The molecule has 1 amide bonds. The molecule has 3 N–H and O–H groups in total. The molecule has 32 heavy (non-hydrogen) atoms. The number of nitrogens with zero attached hydrogens (tertiary/aromatic N) is 1. The summed E-state index contributed by atoms with van der Waals surface area (Å²) in [4.78, 5) is 30.7. The molecule has 2 heterocycles. The summed E-state index contributed by atoms with van der Waals surface area (Å²) in [6.07, 6.45) is 9.90. The number of ether oxygens (including phenoxy) is 1. The summed E-state index contributed by atoms with van der Waals surface area (Å²) >= 11 is 7.00. The highest BCUT2D eigenvalue weighted by Gasteiger charge is 2.35. The number of thiocarbonyl (C=S) groups is 1. The van der Waals surface area contributed by atoms with Gasteiger partial charge < -0.3 is 20.7 Å². The fourth-order valence-electron chi connectivity index (χ4n) is 3.91. The highest BCUT2D eigenvalue weighted by molar-refractivity contribution is 7.80. The van der Waals surface area contributed by atoms with Crippen LogP contribution in [0.5, 0.6) is 0 Å². The van der Waals surface area contributed by atoms with Gasteiger partial charge in [0.2, 0.25) is 5.91 Å². The standard InChI is InChI=1S/C23H26N4O3S2/c28-20(14-5-6-14)27-21-19(22(29)30-12-13-3-4-13)17-10-15(7-8-18(17)32-21)25-23(31)26-16-2-1-9-24-11-16/h1-2,9,11,13-15H,3-8,10,12H2,(H,27,28)(H2,25,26,31). The van der Waals surface area contributed by atoms with Gasteiger partial charge in [-0.3, -0.25) is 9.78 Å². The van der Waals surface area contributed by atoms with Gasteiger partial charge in [-0.05, 0) is 80.8 Å². The number of rotatable bonds is 7. The number of carbonyl (C=O) groups is 2. The summed E-state index contributed by atoms with van der Waals surface area (Å²) in [7, 11) is 0. The summed E-state index contributed by atoms with van der Waals surface area (Å²) in [6, 6.07) is 3.85. The number of thiophene rings is 1. The van der Waals surface area contributed by atoms with Crippen LogP contribution in [0, 0.1) is 11.8 Å². The third-order valence-electron chi connectivity index (χ3n) is 6.05. The zero-order valence-electron chi connectivity index (χ0n) is 17.7. The number of amides is 1. The lowest BCUT2D eigenvalue weighted by molar-refractivity contribution is -0.117. The van der Waals surface area contributed by atoms with Crippen molar-refractivity contribution in [3.63, 3.8) is 0 Å². The van der Waals surface area contributed by atoms with Crippen LogP contribution >= 0.6 is 23.6 Å². The first kappa shape index (κ1) is 21.3. The summed E-state index contributed by atoms with van der Waals surface area (Å²) in [5, 5.41) is 10.7. The van der Waals surface area contributed by atoms with E-state index < -0.39 is 0 Å². The molecule has 2 aromatic rings. The number of aromatic nitrogens is 1. The topological polar surface area (TPSA) is 92.3 Å². The first-order chi connectivity index (χ1) is 15.6. The maximum absolute atomic E-state index is 13.0. The van der Waals surface area contributed by atoms with Crippen molar-refractivity contribution >= 4 is 51.2 Å². The first-order valence-electron chi connectivity index (χ1n) is 11.2. The second-order valence-electron chi connectivity index (χ2n) is 8.79. The molecule has 0 radical (unpaired) electrons. The van der Waals surface area contributed by atoms with Crippen LogP contribution in [-0.4, -0.2) is 34.6 Å². The number of hydrogen-bond donors (Lipinski definition) is 3. The van der Waals surface area contributed by atoms with E-state index in [2.05, 4.69) is 20.9 Å². The second-order valence-corrected chi connectivity index (χ2v) is 10.3. The van der Waals surface area contributed by atoms with Crippen molar-refractivity contribution in [3.05, 3.63) is 40.5 Å². The minimum atomic E-state index is -0.322. The molecule has 9 heteroatoms. The number of pyridine rings is 1. The summed E-state index contributed by atoms with van der Waals surface area (Å²) in [5.41, 5.74) is 2.35. The molecular weight excluding hydrogens is 444 g/mol.